The number of nitrogens with one attached hydrogen (secondary N) is 1. The molecule has 1 rings (SSSR count). The molecule has 0 radical (unpaired) electrons. The average molecular weight is 229 g/mol. The second-order valence-electron chi connectivity index (χ2n) is 6.13. The molecule has 1 aliphatic carbocycles. The Bertz CT molecular complexity index is 191. The van der Waals surface area contributed by atoms with Crippen LogP contribution in [0.2, 0.25) is 0 Å². The van der Waals surface area contributed by atoms with Crippen LogP contribution in [-0.2, 0) is 0 Å². The summed E-state index contributed by atoms with van der Waals surface area (Å²) in [4.78, 5) is 0. The molecule has 0 amide bonds. The van der Waals surface area contributed by atoms with Crippen LogP contribution in [0.1, 0.15) is 47.0 Å². The van der Waals surface area contributed by atoms with Gasteiger partial charge in [0.05, 0.1) is 0 Å². The lowest BCUT2D eigenvalue weighted by atomic mass is 9.70. The molecule has 3 unspecified atom stereocenters. The zero-order chi connectivity index (χ0) is 11.5. The molecule has 0 spiro atoms. The quantitative estimate of drug-likeness (QED) is 0.791. The second kappa shape index (κ2) is 5.58. The van der Waals surface area contributed by atoms with Crippen LogP contribution in [0, 0.1) is 11.3 Å². The summed E-state index contributed by atoms with van der Waals surface area (Å²) in [5.74, 6) is 2.11. The molecule has 1 fully saturated rings. The van der Waals surface area contributed by atoms with Gasteiger partial charge in [0, 0.05) is 17.8 Å². The first-order chi connectivity index (χ1) is 6.93. The third-order valence-electron chi connectivity index (χ3n) is 3.32. The fourth-order valence-electron chi connectivity index (χ4n) is 3.17. The largest absolute Gasteiger partial charge is 0.311 e. The normalized spacial score (nSPS) is 32.6. The molecule has 0 aromatic heterocycles. The van der Waals surface area contributed by atoms with Gasteiger partial charge in [0.1, 0.15) is 0 Å². The van der Waals surface area contributed by atoms with Crippen molar-refractivity contribution in [3.63, 3.8) is 0 Å². The predicted molar refractivity (Wildman–Crippen MR) is 71.6 cm³/mol. The molecule has 1 nitrogen and oxygen atoms in total. The van der Waals surface area contributed by atoms with Crippen molar-refractivity contribution >= 4 is 11.8 Å². The van der Waals surface area contributed by atoms with E-state index in [2.05, 4.69) is 39.3 Å². The molecular formula is C13H27NS. The molecule has 0 aromatic rings. The maximum Gasteiger partial charge on any atom is 0.0132 e. The summed E-state index contributed by atoms with van der Waals surface area (Å²) in [5.41, 5.74) is 0.536. The van der Waals surface area contributed by atoms with Crippen LogP contribution >= 0.6 is 11.8 Å². The molecule has 3 atom stereocenters. The van der Waals surface area contributed by atoms with Gasteiger partial charge in [-0.2, -0.15) is 11.8 Å². The zero-order valence-corrected chi connectivity index (χ0v) is 11.8. The Kier molecular flexibility index (Phi) is 4.98. The summed E-state index contributed by atoms with van der Waals surface area (Å²) in [5, 5.41) is 3.78. The highest BCUT2D eigenvalue weighted by Crippen LogP contribution is 2.38. The van der Waals surface area contributed by atoms with Gasteiger partial charge in [-0.3, -0.25) is 0 Å². The zero-order valence-electron chi connectivity index (χ0n) is 11.0. The lowest BCUT2D eigenvalue weighted by Crippen LogP contribution is -2.44. The van der Waals surface area contributed by atoms with E-state index < -0.39 is 0 Å². The van der Waals surface area contributed by atoms with Crippen molar-refractivity contribution in [2.75, 3.05) is 12.0 Å². The molecule has 0 heterocycles. The van der Waals surface area contributed by atoms with E-state index in [1.165, 1.54) is 25.0 Å². The van der Waals surface area contributed by atoms with Crippen LogP contribution in [0.3, 0.4) is 0 Å². The van der Waals surface area contributed by atoms with Crippen LogP contribution in [0.25, 0.3) is 0 Å². The highest BCUT2D eigenvalue weighted by molar-refractivity contribution is 7.98. The Balaban J connectivity index is 2.41. The van der Waals surface area contributed by atoms with Gasteiger partial charge in [-0.25, -0.2) is 0 Å². The molecule has 2 heteroatoms. The van der Waals surface area contributed by atoms with Crippen LogP contribution in [-0.4, -0.2) is 24.1 Å². The SMILES string of the molecule is CSCC(C)NC1CC(C)CC(C)(C)C1. The maximum absolute atomic E-state index is 3.78. The van der Waals surface area contributed by atoms with E-state index in [1.54, 1.807) is 0 Å². The lowest BCUT2D eigenvalue weighted by molar-refractivity contribution is 0.147. The molecule has 0 saturated heterocycles. The van der Waals surface area contributed by atoms with E-state index in [0.717, 1.165) is 12.0 Å². The highest BCUT2D eigenvalue weighted by atomic mass is 32.2. The van der Waals surface area contributed by atoms with E-state index in [4.69, 9.17) is 0 Å². The maximum atomic E-state index is 3.78. The number of hydrogen-bond acceptors (Lipinski definition) is 2. The van der Waals surface area contributed by atoms with Crippen molar-refractivity contribution < 1.29 is 0 Å². The number of hydrogen-bond donors (Lipinski definition) is 1. The van der Waals surface area contributed by atoms with E-state index in [1.807, 2.05) is 11.8 Å². The monoisotopic (exact) mass is 229 g/mol. The van der Waals surface area contributed by atoms with Crippen molar-refractivity contribution in [1.29, 1.82) is 0 Å². The summed E-state index contributed by atoms with van der Waals surface area (Å²) >= 11 is 1.94. The molecular weight excluding hydrogens is 202 g/mol. The van der Waals surface area contributed by atoms with Crippen molar-refractivity contribution in [3.05, 3.63) is 0 Å². The van der Waals surface area contributed by atoms with Crippen LogP contribution in [0.15, 0.2) is 0 Å². The van der Waals surface area contributed by atoms with Crippen molar-refractivity contribution in [3.8, 4) is 0 Å². The Morgan fingerprint density at radius 2 is 2.07 bits per heavy atom. The van der Waals surface area contributed by atoms with Crippen molar-refractivity contribution in [2.24, 2.45) is 11.3 Å². The topological polar surface area (TPSA) is 12.0 Å². The van der Waals surface area contributed by atoms with Gasteiger partial charge in [0.25, 0.3) is 0 Å². The summed E-state index contributed by atoms with van der Waals surface area (Å²) in [6.07, 6.45) is 6.28. The smallest absolute Gasteiger partial charge is 0.0132 e. The highest BCUT2D eigenvalue weighted by Gasteiger charge is 2.32. The molecule has 1 aliphatic rings. The number of rotatable bonds is 4. The Morgan fingerprint density at radius 3 is 2.60 bits per heavy atom. The summed E-state index contributed by atoms with van der Waals surface area (Å²) in [7, 11) is 0. The Hall–Kier alpha value is 0.310. The molecule has 0 aromatic carbocycles. The van der Waals surface area contributed by atoms with Gasteiger partial charge in [-0.05, 0) is 43.8 Å². The third kappa shape index (κ3) is 4.78. The van der Waals surface area contributed by atoms with Gasteiger partial charge < -0.3 is 5.32 Å². The summed E-state index contributed by atoms with van der Waals surface area (Å²) < 4.78 is 0. The first-order valence-electron chi connectivity index (χ1n) is 6.18. The summed E-state index contributed by atoms with van der Waals surface area (Å²) in [6, 6.07) is 1.40. The van der Waals surface area contributed by atoms with Crippen LogP contribution in [0.4, 0.5) is 0 Å². The van der Waals surface area contributed by atoms with E-state index in [0.29, 0.717) is 11.5 Å². The van der Waals surface area contributed by atoms with Gasteiger partial charge in [0.2, 0.25) is 0 Å². The van der Waals surface area contributed by atoms with Crippen molar-refractivity contribution in [2.45, 2.75) is 59.0 Å². The van der Waals surface area contributed by atoms with E-state index in [9.17, 15) is 0 Å². The molecule has 90 valence electrons. The molecule has 1 N–H and O–H groups in total. The fraction of sp³-hybridized carbons (Fsp3) is 1.00. The minimum absolute atomic E-state index is 0.536. The van der Waals surface area contributed by atoms with Crippen molar-refractivity contribution in [1.82, 2.24) is 5.32 Å². The molecule has 15 heavy (non-hydrogen) atoms. The minimum Gasteiger partial charge on any atom is -0.311 e. The number of thioether (sulfide) groups is 1. The van der Waals surface area contributed by atoms with E-state index in [-0.39, 0.29) is 0 Å². The first-order valence-corrected chi connectivity index (χ1v) is 7.57. The summed E-state index contributed by atoms with van der Waals surface area (Å²) in [6.45, 7) is 9.53. The lowest BCUT2D eigenvalue weighted by Gasteiger charge is -2.40. The standard InChI is InChI=1S/C13H27NS/c1-10-6-12(8-13(3,4)7-10)14-11(2)9-15-5/h10-12,14H,6-9H2,1-5H3. The predicted octanol–water partition coefficient (Wildman–Crippen LogP) is 3.54. The fourth-order valence-corrected chi connectivity index (χ4v) is 3.77. The van der Waals surface area contributed by atoms with Gasteiger partial charge >= 0.3 is 0 Å². The van der Waals surface area contributed by atoms with Gasteiger partial charge in [-0.15, -0.1) is 0 Å². The minimum atomic E-state index is 0.536. The van der Waals surface area contributed by atoms with Crippen LogP contribution < -0.4 is 5.32 Å². The molecule has 1 saturated carbocycles. The third-order valence-corrected chi connectivity index (χ3v) is 4.16. The molecule has 0 bridgehead atoms. The van der Waals surface area contributed by atoms with Gasteiger partial charge in [-0.1, -0.05) is 20.8 Å². The van der Waals surface area contributed by atoms with E-state index >= 15 is 0 Å². The second-order valence-corrected chi connectivity index (χ2v) is 7.04. The average Bonchev–Trinajstić information content (AvgIpc) is 1.99. The molecule has 0 aliphatic heterocycles. The Morgan fingerprint density at radius 1 is 1.40 bits per heavy atom. The first kappa shape index (κ1) is 13.4. The van der Waals surface area contributed by atoms with Gasteiger partial charge in [0.15, 0.2) is 0 Å². The van der Waals surface area contributed by atoms with Crippen LogP contribution in [0.5, 0.6) is 0 Å². The Labute approximate surface area is 99.8 Å².